The molecule has 21 heavy (non-hydrogen) atoms. The lowest BCUT2D eigenvalue weighted by atomic mass is 10.0. The molecule has 1 aromatic rings. The smallest absolute Gasteiger partial charge is 0.253 e. The number of benzene rings is 1. The second kappa shape index (κ2) is 7.45. The Morgan fingerprint density at radius 2 is 1.90 bits per heavy atom. The van der Waals surface area contributed by atoms with Gasteiger partial charge in [0.05, 0.1) is 19.8 Å². The van der Waals surface area contributed by atoms with E-state index in [9.17, 15) is 4.79 Å². The van der Waals surface area contributed by atoms with Gasteiger partial charge in [-0.15, -0.1) is 0 Å². The molecule has 1 amide bonds. The van der Waals surface area contributed by atoms with Crippen LogP contribution in [0.3, 0.4) is 0 Å². The molecule has 0 unspecified atom stereocenters. The molecule has 0 aromatic heterocycles. The molecular formula is C15H22N2O3S. The average molecular weight is 310 g/mol. The van der Waals surface area contributed by atoms with Crippen molar-refractivity contribution in [2.24, 2.45) is 5.92 Å². The Kier molecular flexibility index (Phi) is 5.61. The van der Waals surface area contributed by atoms with Crippen LogP contribution in [0.2, 0.25) is 0 Å². The summed E-state index contributed by atoms with van der Waals surface area (Å²) in [7, 11) is 3.08. The molecule has 5 nitrogen and oxygen atoms in total. The Balaban J connectivity index is 2.04. The number of carbonyl (C=O) groups excluding carboxylic acids is 1. The molecule has 0 spiro atoms. The van der Waals surface area contributed by atoms with Crippen molar-refractivity contribution < 1.29 is 14.3 Å². The summed E-state index contributed by atoms with van der Waals surface area (Å²) in [5, 5.41) is 2.97. The summed E-state index contributed by atoms with van der Waals surface area (Å²) in [5.74, 6) is 3.79. The van der Waals surface area contributed by atoms with Crippen LogP contribution in [0.25, 0.3) is 0 Å². The van der Waals surface area contributed by atoms with Gasteiger partial charge in [0.25, 0.3) is 5.91 Å². The van der Waals surface area contributed by atoms with Crippen molar-refractivity contribution in [1.82, 2.24) is 5.32 Å². The summed E-state index contributed by atoms with van der Waals surface area (Å²) in [6, 6.07) is 3.24. The number of carbonyl (C=O) groups is 1. The van der Waals surface area contributed by atoms with Crippen molar-refractivity contribution in [2.45, 2.75) is 12.8 Å². The van der Waals surface area contributed by atoms with Crippen molar-refractivity contribution >= 4 is 23.4 Å². The molecule has 1 aromatic carbocycles. The van der Waals surface area contributed by atoms with Gasteiger partial charge in [0.1, 0.15) is 0 Å². The van der Waals surface area contributed by atoms with Crippen LogP contribution >= 0.6 is 11.8 Å². The van der Waals surface area contributed by atoms with Crippen molar-refractivity contribution in [3.8, 4) is 11.5 Å². The molecule has 3 N–H and O–H groups in total. The number of nitrogens with two attached hydrogens (primary N) is 1. The van der Waals surface area contributed by atoms with Gasteiger partial charge in [-0.25, -0.2) is 0 Å². The molecule has 0 radical (unpaired) electrons. The quantitative estimate of drug-likeness (QED) is 0.815. The number of hydrogen-bond donors (Lipinski definition) is 2. The van der Waals surface area contributed by atoms with E-state index in [4.69, 9.17) is 15.2 Å². The summed E-state index contributed by atoms with van der Waals surface area (Å²) in [6.45, 7) is 0.702. The third-order valence-corrected chi connectivity index (χ3v) is 4.74. The first-order valence-corrected chi connectivity index (χ1v) is 8.18. The minimum Gasteiger partial charge on any atom is -0.493 e. The van der Waals surface area contributed by atoms with Gasteiger partial charge in [0.15, 0.2) is 11.5 Å². The lowest BCUT2D eigenvalue weighted by Crippen LogP contribution is -2.31. The zero-order valence-corrected chi connectivity index (χ0v) is 13.3. The second-order valence-electron chi connectivity index (χ2n) is 5.06. The summed E-state index contributed by atoms with van der Waals surface area (Å²) in [6.07, 6.45) is 2.32. The van der Waals surface area contributed by atoms with Crippen LogP contribution < -0.4 is 20.5 Å². The van der Waals surface area contributed by atoms with E-state index in [0.29, 0.717) is 35.2 Å². The molecule has 0 aliphatic carbocycles. The fraction of sp³-hybridized carbons (Fsp3) is 0.533. The Hall–Kier alpha value is -1.56. The molecule has 0 atom stereocenters. The molecule has 1 fully saturated rings. The Morgan fingerprint density at radius 3 is 2.52 bits per heavy atom. The Labute approximate surface area is 129 Å². The van der Waals surface area contributed by atoms with Crippen LogP contribution in [-0.2, 0) is 0 Å². The first-order chi connectivity index (χ1) is 10.2. The largest absolute Gasteiger partial charge is 0.493 e. The molecule has 0 saturated carbocycles. The molecule has 1 aliphatic heterocycles. The van der Waals surface area contributed by atoms with Gasteiger partial charge in [-0.1, -0.05) is 0 Å². The zero-order valence-electron chi connectivity index (χ0n) is 12.5. The van der Waals surface area contributed by atoms with Crippen LogP contribution in [0.15, 0.2) is 12.1 Å². The molecule has 6 heteroatoms. The van der Waals surface area contributed by atoms with E-state index >= 15 is 0 Å². The summed E-state index contributed by atoms with van der Waals surface area (Å²) >= 11 is 1.98. The number of anilines is 1. The van der Waals surface area contributed by atoms with Gasteiger partial charge < -0.3 is 20.5 Å². The van der Waals surface area contributed by atoms with Crippen molar-refractivity contribution in [1.29, 1.82) is 0 Å². The van der Waals surface area contributed by atoms with E-state index in [1.165, 1.54) is 25.7 Å². The maximum absolute atomic E-state index is 12.3. The fourth-order valence-electron chi connectivity index (χ4n) is 2.37. The fourth-order valence-corrected chi connectivity index (χ4v) is 3.58. The molecule has 1 saturated heterocycles. The normalized spacial score (nSPS) is 15.5. The first-order valence-electron chi connectivity index (χ1n) is 7.03. The number of nitrogen functional groups attached to an aromatic ring is 1. The maximum atomic E-state index is 12.3. The summed E-state index contributed by atoms with van der Waals surface area (Å²) in [4.78, 5) is 12.3. The topological polar surface area (TPSA) is 73.6 Å². The van der Waals surface area contributed by atoms with Crippen molar-refractivity contribution in [3.63, 3.8) is 0 Å². The highest BCUT2D eigenvalue weighted by Gasteiger charge is 2.18. The number of methoxy groups -OCH3 is 2. The number of rotatable bonds is 5. The number of nitrogens with one attached hydrogen (secondary N) is 1. The average Bonchev–Trinajstić information content (AvgIpc) is 2.53. The van der Waals surface area contributed by atoms with E-state index in [-0.39, 0.29) is 5.91 Å². The van der Waals surface area contributed by atoms with Gasteiger partial charge in [0.2, 0.25) is 0 Å². The molecule has 0 bridgehead atoms. The first kappa shape index (κ1) is 15.8. The summed E-state index contributed by atoms with van der Waals surface area (Å²) in [5.41, 5.74) is 6.75. The van der Waals surface area contributed by atoms with Gasteiger partial charge in [-0.05, 0) is 36.3 Å². The molecular weight excluding hydrogens is 288 g/mol. The van der Waals surface area contributed by atoms with Gasteiger partial charge >= 0.3 is 0 Å². The van der Waals surface area contributed by atoms with Crippen LogP contribution in [-0.4, -0.2) is 38.2 Å². The minimum absolute atomic E-state index is 0.160. The zero-order chi connectivity index (χ0) is 15.2. The molecule has 2 rings (SSSR count). The van der Waals surface area contributed by atoms with E-state index in [1.807, 2.05) is 11.8 Å². The molecule has 116 valence electrons. The Bertz CT molecular complexity index is 502. The monoisotopic (exact) mass is 310 g/mol. The molecule has 1 aliphatic rings. The van der Waals surface area contributed by atoms with Gasteiger partial charge in [-0.3, -0.25) is 4.79 Å². The lowest BCUT2D eigenvalue weighted by Gasteiger charge is -2.21. The van der Waals surface area contributed by atoms with Crippen molar-refractivity contribution in [3.05, 3.63) is 17.7 Å². The maximum Gasteiger partial charge on any atom is 0.253 e. The van der Waals surface area contributed by atoms with Gasteiger partial charge in [0, 0.05) is 18.3 Å². The number of hydrogen-bond acceptors (Lipinski definition) is 5. The third-order valence-electron chi connectivity index (χ3n) is 3.69. The van der Waals surface area contributed by atoms with Crippen LogP contribution in [0.1, 0.15) is 23.2 Å². The van der Waals surface area contributed by atoms with Crippen molar-refractivity contribution in [2.75, 3.05) is 38.0 Å². The predicted molar refractivity (Wildman–Crippen MR) is 86.3 cm³/mol. The second-order valence-corrected chi connectivity index (χ2v) is 6.28. The number of thioether (sulfide) groups is 1. The Morgan fingerprint density at radius 1 is 1.29 bits per heavy atom. The third kappa shape index (κ3) is 3.97. The lowest BCUT2D eigenvalue weighted by molar-refractivity contribution is 0.0947. The van der Waals surface area contributed by atoms with E-state index in [0.717, 1.165) is 12.8 Å². The highest BCUT2D eigenvalue weighted by Crippen LogP contribution is 2.32. The highest BCUT2D eigenvalue weighted by molar-refractivity contribution is 7.99. The summed E-state index contributed by atoms with van der Waals surface area (Å²) < 4.78 is 10.4. The minimum atomic E-state index is -0.160. The SMILES string of the molecule is COc1cc(N)c(C(=O)NCC2CCSCC2)cc1OC. The van der Waals surface area contributed by atoms with Gasteiger partial charge in [-0.2, -0.15) is 11.8 Å². The highest BCUT2D eigenvalue weighted by atomic mass is 32.2. The van der Waals surface area contributed by atoms with Crippen LogP contribution in [0.5, 0.6) is 11.5 Å². The van der Waals surface area contributed by atoms with Crippen LogP contribution in [0, 0.1) is 5.92 Å². The van der Waals surface area contributed by atoms with E-state index in [1.54, 1.807) is 12.1 Å². The van der Waals surface area contributed by atoms with E-state index in [2.05, 4.69) is 5.32 Å². The number of amides is 1. The molecule has 1 heterocycles. The predicted octanol–water partition coefficient (Wildman–Crippen LogP) is 2.16. The standard InChI is InChI=1S/C15H22N2O3S/c1-19-13-7-11(12(16)8-14(13)20-2)15(18)17-9-10-3-5-21-6-4-10/h7-8,10H,3-6,9,16H2,1-2H3,(H,17,18). The number of ether oxygens (including phenoxy) is 2. The van der Waals surface area contributed by atoms with E-state index < -0.39 is 0 Å². The van der Waals surface area contributed by atoms with Crippen LogP contribution in [0.4, 0.5) is 5.69 Å².